The summed E-state index contributed by atoms with van der Waals surface area (Å²) >= 11 is 0. The van der Waals surface area contributed by atoms with Gasteiger partial charge in [0, 0.05) is 23.2 Å². The summed E-state index contributed by atoms with van der Waals surface area (Å²) in [7, 11) is 0. The van der Waals surface area contributed by atoms with Gasteiger partial charge in [0.25, 0.3) is 0 Å². The number of hydrogen-bond donors (Lipinski definition) is 4. The fraction of sp³-hybridized carbons (Fsp3) is 0.364. The maximum atomic E-state index is 14.0. The largest absolute Gasteiger partial charge is 0.393 e. The standard InChI is InChI=1S/C33H39N7O3/c1-22(41)18-19-34-33(2,3)20-30(42)35-28-17-16-25-8-4-7-11-29(25)40(32(28)43)21-23-12-14-24(15-13-23)26-9-5-6-10-27(26)31-36-38-39-37-31/h4-15,22,28,34,41H,16-21H2,1-3H3,(H,35,42)(H,36,37,38,39)/t22-,28-/m1/s1. The van der Waals surface area contributed by atoms with E-state index in [4.69, 9.17) is 0 Å². The Balaban J connectivity index is 1.32. The highest BCUT2D eigenvalue weighted by molar-refractivity contribution is 6.00. The summed E-state index contributed by atoms with van der Waals surface area (Å²) in [5, 5.41) is 30.4. The van der Waals surface area contributed by atoms with Gasteiger partial charge in [-0.1, -0.05) is 66.7 Å². The number of rotatable bonds is 11. The number of amides is 2. The number of aromatic amines is 1. The van der Waals surface area contributed by atoms with E-state index in [1.165, 1.54) is 0 Å². The van der Waals surface area contributed by atoms with Crippen LogP contribution in [0.4, 0.5) is 5.69 Å². The predicted octanol–water partition coefficient (Wildman–Crippen LogP) is 4.03. The van der Waals surface area contributed by atoms with E-state index >= 15 is 0 Å². The van der Waals surface area contributed by atoms with Crippen molar-refractivity contribution in [3.63, 3.8) is 0 Å². The van der Waals surface area contributed by atoms with Crippen LogP contribution in [-0.2, 0) is 22.6 Å². The number of benzene rings is 3. The Hall–Kier alpha value is -4.41. The Bertz CT molecular complexity index is 1530. The number of anilines is 1. The number of H-pyrrole nitrogens is 1. The predicted molar refractivity (Wildman–Crippen MR) is 166 cm³/mol. The van der Waals surface area contributed by atoms with Crippen LogP contribution in [0.5, 0.6) is 0 Å². The number of aromatic nitrogens is 4. The minimum atomic E-state index is -0.630. The second-order valence-electron chi connectivity index (χ2n) is 11.8. The fourth-order valence-electron chi connectivity index (χ4n) is 5.52. The first-order valence-electron chi connectivity index (χ1n) is 14.7. The van der Waals surface area contributed by atoms with Gasteiger partial charge in [-0.15, -0.1) is 10.2 Å². The minimum Gasteiger partial charge on any atom is -0.393 e. The van der Waals surface area contributed by atoms with Crippen molar-refractivity contribution in [1.29, 1.82) is 0 Å². The van der Waals surface area contributed by atoms with Crippen LogP contribution in [0.3, 0.4) is 0 Å². The topological polar surface area (TPSA) is 136 Å². The zero-order valence-corrected chi connectivity index (χ0v) is 24.9. The molecule has 4 aromatic rings. The van der Waals surface area contributed by atoms with Crippen LogP contribution in [0.1, 0.15) is 51.2 Å². The third kappa shape index (κ3) is 7.52. The number of carbonyl (C=O) groups is 2. The summed E-state index contributed by atoms with van der Waals surface area (Å²) in [5.74, 6) is 0.228. The lowest BCUT2D eigenvalue weighted by Gasteiger charge is -2.29. The normalized spacial score (nSPS) is 16.0. The quantitative estimate of drug-likeness (QED) is 0.210. The van der Waals surface area contributed by atoms with E-state index in [1.54, 1.807) is 11.8 Å². The van der Waals surface area contributed by atoms with Gasteiger partial charge in [0.15, 0.2) is 0 Å². The van der Waals surface area contributed by atoms with Gasteiger partial charge in [-0.05, 0) is 80.1 Å². The third-order valence-corrected chi connectivity index (χ3v) is 7.77. The molecule has 10 heteroatoms. The van der Waals surface area contributed by atoms with Crippen LogP contribution in [0, 0.1) is 0 Å². The maximum Gasteiger partial charge on any atom is 0.249 e. The number of nitrogens with zero attached hydrogens (tertiary/aromatic N) is 4. The van der Waals surface area contributed by atoms with Crippen molar-refractivity contribution in [2.24, 2.45) is 0 Å². The van der Waals surface area contributed by atoms with Gasteiger partial charge in [-0.25, -0.2) is 0 Å². The number of fused-ring (bicyclic) bond motifs is 1. The number of carbonyl (C=O) groups excluding carboxylic acids is 2. The van der Waals surface area contributed by atoms with Crippen molar-refractivity contribution in [2.75, 3.05) is 11.4 Å². The molecule has 0 bridgehead atoms. The van der Waals surface area contributed by atoms with Crippen LogP contribution >= 0.6 is 0 Å². The van der Waals surface area contributed by atoms with Gasteiger partial charge >= 0.3 is 0 Å². The van der Waals surface area contributed by atoms with Crippen LogP contribution in [-0.4, -0.2) is 61.8 Å². The van der Waals surface area contributed by atoms with E-state index in [9.17, 15) is 14.7 Å². The van der Waals surface area contributed by atoms with Gasteiger partial charge in [-0.3, -0.25) is 9.59 Å². The number of hydrogen-bond acceptors (Lipinski definition) is 7. The molecule has 0 spiro atoms. The lowest BCUT2D eigenvalue weighted by atomic mass is 9.98. The molecular formula is C33H39N7O3. The molecule has 43 heavy (non-hydrogen) atoms. The summed E-state index contributed by atoms with van der Waals surface area (Å²) < 4.78 is 0. The van der Waals surface area contributed by atoms with Crippen molar-refractivity contribution in [3.8, 4) is 22.5 Å². The molecule has 0 saturated carbocycles. The molecule has 0 saturated heterocycles. The number of para-hydroxylation sites is 1. The highest BCUT2D eigenvalue weighted by Gasteiger charge is 2.32. The van der Waals surface area contributed by atoms with E-state index in [0.29, 0.717) is 38.2 Å². The van der Waals surface area contributed by atoms with Gasteiger partial charge in [0.1, 0.15) is 6.04 Å². The number of aryl methyl sites for hydroxylation is 1. The molecule has 1 aliphatic heterocycles. The maximum absolute atomic E-state index is 14.0. The zero-order valence-electron chi connectivity index (χ0n) is 24.9. The summed E-state index contributed by atoms with van der Waals surface area (Å²) in [5.41, 5.74) is 5.31. The molecule has 2 amide bonds. The Labute approximate surface area is 251 Å². The molecule has 0 fully saturated rings. The molecule has 2 atom stereocenters. The van der Waals surface area contributed by atoms with Crippen LogP contribution in [0.15, 0.2) is 72.8 Å². The number of aliphatic hydroxyl groups is 1. The lowest BCUT2D eigenvalue weighted by molar-refractivity contribution is -0.128. The van der Waals surface area contributed by atoms with E-state index in [0.717, 1.165) is 33.5 Å². The molecule has 0 unspecified atom stereocenters. The molecule has 0 radical (unpaired) electrons. The first-order chi connectivity index (χ1) is 20.7. The molecule has 10 nitrogen and oxygen atoms in total. The van der Waals surface area contributed by atoms with Gasteiger partial charge in [-0.2, -0.15) is 5.21 Å². The smallest absolute Gasteiger partial charge is 0.249 e. The summed E-state index contributed by atoms with van der Waals surface area (Å²) in [6.45, 7) is 6.63. The molecule has 1 aromatic heterocycles. The molecule has 5 rings (SSSR count). The highest BCUT2D eigenvalue weighted by atomic mass is 16.3. The van der Waals surface area contributed by atoms with Gasteiger partial charge < -0.3 is 20.6 Å². The average molecular weight is 582 g/mol. The summed E-state index contributed by atoms with van der Waals surface area (Å²) in [4.78, 5) is 28.9. The molecular weight excluding hydrogens is 542 g/mol. The Morgan fingerprint density at radius 3 is 2.51 bits per heavy atom. The van der Waals surface area contributed by atoms with Crippen molar-refractivity contribution in [1.82, 2.24) is 31.3 Å². The van der Waals surface area contributed by atoms with Crippen LogP contribution < -0.4 is 15.5 Å². The van der Waals surface area contributed by atoms with E-state index in [-0.39, 0.29) is 18.2 Å². The van der Waals surface area contributed by atoms with E-state index in [1.807, 2.05) is 86.6 Å². The van der Waals surface area contributed by atoms with Crippen molar-refractivity contribution in [2.45, 2.75) is 70.7 Å². The SMILES string of the molecule is C[C@@H](O)CCNC(C)(C)CC(=O)N[C@@H]1CCc2ccccc2N(Cc2ccc(-c3ccccc3-c3nn[nH]n3)cc2)C1=O. The third-order valence-electron chi connectivity index (χ3n) is 7.77. The monoisotopic (exact) mass is 581 g/mol. The second kappa shape index (κ2) is 13.3. The number of nitrogens with one attached hydrogen (secondary N) is 3. The van der Waals surface area contributed by atoms with Crippen molar-refractivity contribution >= 4 is 17.5 Å². The van der Waals surface area contributed by atoms with Gasteiger partial charge in [0.05, 0.1) is 12.6 Å². The first kappa shape index (κ1) is 30.1. The van der Waals surface area contributed by atoms with Crippen molar-refractivity contribution in [3.05, 3.63) is 83.9 Å². The summed E-state index contributed by atoms with van der Waals surface area (Å²) in [6, 6.07) is 23.3. The van der Waals surface area contributed by atoms with E-state index in [2.05, 4.69) is 31.3 Å². The summed E-state index contributed by atoms with van der Waals surface area (Å²) in [6.07, 6.45) is 1.63. The minimum absolute atomic E-state index is 0.121. The Kier molecular flexibility index (Phi) is 9.27. The Morgan fingerprint density at radius 1 is 1.07 bits per heavy atom. The van der Waals surface area contributed by atoms with E-state index < -0.39 is 17.7 Å². The molecule has 4 N–H and O–H groups in total. The fourth-order valence-corrected chi connectivity index (χ4v) is 5.52. The average Bonchev–Trinajstić information content (AvgIpc) is 3.49. The molecule has 3 aromatic carbocycles. The van der Waals surface area contributed by atoms with Crippen LogP contribution in [0.2, 0.25) is 0 Å². The van der Waals surface area contributed by atoms with Crippen molar-refractivity contribution < 1.29 is 14.7 Å². The molecule has 2 heterocycles. The second-order valence-corrected chi connectivity index (χ2v) is 11.8. The Morgan fingerprint density at radius 2 is 1.79 bits per heavy atom. The zero-order chi connectivity index (χ0) is 30.4. The molecule has 0 aliphatic carbocycles. The van der Waals surface area contributed by atoms with Crippen LogP contribution in [0.25, 0.3) is 22.5 Å². The molecule has 224 valence electrons. The molecule has 1 aliphatic rings. The number of aliphatic hydroxyl groups excluding tert-OH is 1. The lowest BCUT2D eigenvalue weighted by Crippen LogP contribution is -2.51. The van der Waals surface area contributed by atoms with Gasteiger partial charge in [0.2, 0.25) is 17.6 Å². The first-order valence-corrected chi connectivity index (χ1v) is 14.7. The highest BCUT2D eigenvalue weighted by Crippen LogP contribution is 2.32. The number of tetrazole rings is 1.